The Balaban J connectivity index is 1.37. The van der Waals surface area contributed by atoms with E-state index in [1.807, 2.05) is 22.7 Å². The predicted molar refractivity (Wildman–Crippen MR) is 210 cm³/mol. The maximum Gasteiger partial charge on any atom is 0.0640 e. The monoisotopic (exact) mass is 650 g/mol. The summed E-state index contributed by atoms with van der Waals surface area (Å²) in [5.41, 5.74) is 11.9. The van der Waals surface area contributed by atoms with Gasteiger partial charge >= 0.3 is 0 Å². The van der Waals surface area contributed by atoms with E-state index >= 15 is 0 Å². The number of anilines is 6. The van der Waals surface area contributed by atoms with Crippen LogP contribution in [0.15, 0.2) is 146 Å². The molecule has 0 saturated carbocycles. The second-order valence-corrected chi connectivity index (χ2v) is 14.9. The molecule has 0 amide bonds. The topological polar surface area (TPSA) is 6.48 Å². The minimum absolute atomic E-state index is 1.14. The van der Waals surface area contributed by atoms with Crippen LogP contribution in [0.3, 0.4) is 0 Å². The standard InChI is InChI=1S/C44H30N2S2/c1-27-10-5-12-30(22-27)45-32-24-29(34-15-9-21-41-42(34)37-14-3-4-20-40(37)47-41)25-33(26-32)46(31-13-6-11-28(2)23-31)39-19-8-17-36-35-16-7-18-38(45)43(35)48-44(36)39/h3-26H,1-2H3. The highest BCUT2D eigenvalue weighted by Gasteiger charge is 2.26. The Morgan fingerprint density at radius 3 is 1.58 bits per heavy atom. The lowest BCUT2D eigenvalue weighted by Gasteiger charge is -2.31. The maximum atomic E-state index is 2.48. The summed E-state index contributed by atoms with van der Waals surface area (Å²) in [6.45, 7) is 4.36. The van der Waals surface area contributed by atoms with Gasteiger partial charge in [-0.25, -0.2) is 0 Å². The second kappa shape index (κ2) is 10.5. The van der Waals surface area contributed by atoms with Gasteiger partial charge in [0.25, 0.3) is 0 Å². The largest absolute Gasteiger partial charge is 0.309 e. The zero-order valence-corrected chi connectivity index (χ0v) is 28.2. The van der Waals surface area contributed by atoms with Crippen molar-refractivity contribution in [1.82, 2.24) is 0 Å². The van der Waals surface area contributed by atoms with Gasteiger partial charge < -0.3 is 9.80 Å². The smallest absolute Gasteiger partial charge is 0.0640 e. The van der Waals surface area contributed by atoms with Gasteiger partial charge in [0.2, 0.25) is 0 Å². The van der Waals surface area contributed by atoms with Crippen molar-refractivity contribution >= 4 is 97.1 Å². The van der Waals surface area contributed by atoms with E-state index in [-0.39, 0.29) is 0 Å². The van der Waals surface area contributed by atoms with E-state index in [4.69, 9.17) is 0 Å². The van der Waals surface area contributed by atoms with Gasteiger partial charge in [0, 0.05) is 53.7 Å². The molecule has 10 rings (SSSR count). The molecule has 1 aliphatic rings. The van der Waals surface area contributed by atoms with Crippen LogP contribution in [0.5, 0.6) is 0 Å². The summed E-state index contributed by atoms with van der Waals surface area (Å²) in [4.78, 5) is 4.95. The van der Waals surface area contributed by atoms with Crippen LogP contribution in [0.4, 0.5) is 34.1 Å². The van der Waals surface area contributed by atoms with E-state index < -0.39 is 0 Å². The van der Waals surface area contributed by atoms with Crippen LogP contribution in [-0.4, -0.2) is 0 Å². The zero-order valence-electron chi connectivity index (χ0n) is 26.6. The summed E-state index contributed by atoms with van der Waals surface area (Å²) in [6.07, 6.45) is 0. The molecule has 9 aromatic rings. The van der Waals surface area contributed by atoms with Crippen molar-refractivity contribution in [2.24, 2.45) is 0 Å². The Hall–Kier alpha value is -5.42. The lowest BCUT2D eigenvalue weighted by molar-refractivity contribution is 1.25. The van der Waals surface area contributed by atoms with Gasteiger partial charge in [-0.2, -0.15) is 0 Å². The maximum absolute atomic E-state index is 2.48. The van der Waals surface area contributed by atoms with Gasteiger partial charge in [0.1, 0.15) is 0 Å². The third-order valence-electron chi connectivity index (χ3n) is 9.62. The fraction of sp³-hybridized carbons (Fsp3) is 0.0455. The van der Waals surface area contributed by atoms with E-state index in [0.29, 0.717) is 0 Å². The molecule has 48 heavy (non-hydrogen) atoms. The van der Waals surface area contributed by atoms with Crippen molar-refractivity contribution in [3.05, 3.63) is 157 Å². The summed E-state index contributed by atoms with van der Waals surface area (Å²) < 4.78 is 5.22. The molecule has 4 bridgehead atoms. The molecule has 0 aliphatic carbocycles. The number of benzene rings is 7. The van der Waals surface area contributed by atoms with E-state index in [1.165, 1.54) is 74.0 Å². The van der Waals surface area contributed by atoms with Crippen LogP contribution >= 0.6 is 22.7 Å². The van der Waals surface area contributed by atoms with Crippen LogP contribution < -0.4 is 9.80 Å². The van der Waals surface area contributed by atoms with Gasteiger partial charge in [-0.3, -0.25) is 0 Å². The Bertz CT molecular complexity index is 2610. The minimum Gasteiger partial charge on any atom is -0.309 e. The number of rotatable bonds is 3. The van der Waals surface area contributed by atoms with Crippen LogP contribution in [0.1, 0.15) is 11.1 Å². The average Bonchev–Trinajstić information content (AvgIpc) is 3.68. The lowest BCUT2D eigenvalue weighted by atomic mass is 9.97. The van der Waals surface area contributed by atoms with Crippen LogP contribution in [-0.2, 0) is 0 Å². The first-order valence-electron chi connectivity index (χ1n) is 16.3. The van der Waals surface area contributed by atoms with Gasteiger partial charge in [0.15, 0.2) is 0 Å². The molecule has 2 nitrogen and oxygen atoms in total. The van der Waals surface area contributed by atoms with Crippen molar-refractivity contribution < 1.29 is 0 Å². The third-order valence-corrected chi connectivity index (χ3v) is 12.0. The van der Waals surface area contributed by atoms with Crippen molar-refractivity contribution in [2.75, 3.05) is 9.80 Å². The lowest BCUT2D eigenvalue weighted by Crippen LogP contribution is -2.14. The number of hydrogen-bond acceptors (Lipinski definition) is 4. The van der Waals surface area contributed by atoms with Crippen molar-refractivity contribution in [1.29, 1.82) is 0 Å². The van der Waals surface area contributed by atoms with Crippen LogP contribution in [0.25, 0.3) is 51.5 Å². The molecule has 0 spiro atoms. The highest BCUT2D eigenvalue weighted by Crippen LogP contribution is 2.52. The summed E-state index contributed by atoms with van der Waals surface area (Å²) in [5, 5.41) is 5.22. The first-order chi connectivity index (χ1) is 23.6. The van der Waals surface area contributed by atoms with E-state index in [0.717, 1.165) is 22.7 Å². The summed E-state index contributed by atoms with van der Waals surface area (Å²) in [5.74, 6) is 0. The Morgan fingerprint density at radius 1 is 0.417 bits per heavy atom. The van der Waals surface area contributed by atoms with E-state index in [9.17, 15) is 0 Å². The molecule has 0 radical (unpaired) electrons. The molecule has 0 saturated heterocycles. The molecule has 7 aromatic carbocycles. The van der Waals surface area contributed by atoms with Crippen molar-refractivity contribution in [2.45, 2.75) is 13.8 Å². The van der Waals surface area contributed by atoms with Crippen LogP contribution in [0, 0.1) is 13.8 Å². The number of hydrogen-bond donors (Lipinski definition) is 0. The predicted octanol–water partition coefficient (Wildman–Crippen LogP) is 14.0. The molecule has 0 atom stereocenters. The molecule has 2 aromatic heterocycles. The molecular weight excluding hydrogens is 621 g/mol. The molecule has 4 heteroatoms. The van der Waals surface area contributed by atoms with E-state index in [1.54, 1.807) is 0 Å². The quantitative estimate of drug-likeness (QED) is 0.188. The normalized spacial score (nSPS) is 12.7. The highest BCUT2D eigenvalue weighted by atomic mass is 32.1. The second-order valence-electron chi connectivity index (χ2n) is 12.8. The van der Waals surface area contributed by atoms with Crippen molar-refractivity contribution in [3.63, 3.8) is 0 Å². The fourth-order valence-electron chi connectivity index (χ4n) is 7.56. The summed E-state index contributed by atoms with van der Waals surface area (Å²) >= 11 is 3.78. The highest BCUT2D eigenvalue weighted by molar-refractivity contribution is 7.27. The van der Waals surface area contributed by atoms with E-state index in [2.05, 4.69) is 169 Å². The molecule has 228 valence electrons. The summed E-state index contributed by atoms with van der Waals surface area (Å²) in [6, 6.07) is 54.2. The Morgan fingerprint density at radius 2 is 0.958 bits per heavy atom. The van der Waals surface area contributed by atoms with Gasteiger partial charge in [-0.1, -0.05) is 78.9 Å². The third kappa shape index (κ3) is 4.16. The molecule has 0 unspecified atom stereocenters. The Kier molecular flexibility index (Phi) is 6.08. The van der Waals surface area contributed by atoms with Crippen LogP contribution in [0.2, 0.25) is 0 Å². The minimum atomic E-state index is 1.14. The van der Waals surface area contributed by atoms with Gasteiger partial charge in [0.05, 0.1) is 20.8 Å². The molecule has 1 aliphatic heterocycles. The SMILES string of the molecule is Cc1cccc(N2c3cc(-c4cccc5sc6ccccc6c45)cc(c3)N(c3cccc(C)c3)c3cccc4c3sc3c2cccc34)c1. The number of aryl methyl sites for hydroxylation is 2. The van der Waals surface area contributed by atoms with Crippen molar-refractivity contribution in [3.8, 4) is 11.1 Å². The summed E-state index contributed by atoms with van der Waals surface area (Å²) in [7, 11) is 0. The molecule has 3 heterocycles. The average molecular weight is 651 g/mol. The molecular formula is C44H30N2S2. The first kappa shape index (κ1) is 27.7. The number of fused-ring (bicyclic) bond motifs is 6. The Labute approximate surface area is 287 Å². The first-order valence-corrected chi connectivity index (χ1v) is 18.0. The van der Waals surface area contributed by atoms with Gasteiger partial charge in [-0.05, 0) is 103 Å². The zero-order chi connectivity index (χ0) is 31.9. The number of thiophene rings is 2. The fourth-order valence-corrected chi connectivity index (χ4v) is 10.00. The van der Waals surface area contributed by atoms with Gasteiger partial charge in [-0.15, -0.1) is 22.7 Å². The number of nitrogens with zero attached hydrogens (tertiary/aromatic N) is 2. The molecule has 0 fully saturated rings. The molecule has 0 N–H and O–H groups in total.